The van der Waals surface area contributed by atoms with E-state index in [9.17, 15) is 0 Å². The average molecular weight is 203 g/mol. The monoisotopic (exact) mass is 203 g/mol. The number of hydrogen-bond acceptors (Lipinski definition) is 1. The van der Waals surface area contributed by atoms with Crippen molar-refractivity contribution in [2.45, 2.75) is 33.7 Å². The Balaban J connectivity index is 1.80. The van der Waals surface area contributed by atoms with Gasteiger partial charge in [-0.1, -0.05) is 25.1 Å². The van der Waals surface area contributed by atoms with Gasteiger partial charge in [0.2, 0.25) is 0 Å². The molecular weight excluding hydrogens is 182 g/mol. The molecule has 1 aromatic carbocycles. The van der Waals surface area contributed by atoms with Crippen LogP contribution in [0.4, 0.5) is 0 Å². The summed E-state index contributed by atoms with van der Waals surface area (Å²) in [6.07, 6.45) is 1.42. The molecule has 1 aromatic rings. The van der Waals surface area contributed by atoms with Gasteiger partial charge in [-0.3, -0.25) is 0 Å². The van der Waals surface area contributed by atoms with Crippen LogP contribution in [0, 0.1) is 25.7 Å². The van der Waals surface area contributed by atoms with Crippen LogP contribution >= 0.6 is 0 Å². The Morgan fingerprint density at radius 3 is 2.60 bits per heavy atom. The molecule has 1 aliphatic carbocycles. The summed E-state index contributed by atoms with van der Waals surface area (Å²) in [5, 5.41) is 3.54. The smallest absolute Gasteiger partial charge is 0.0205 e. The van der Waals surface area contributed by atoms with Crippen molar-refractivity contribution in [1.29, 1.82) is 0 Å². The molecule has 82 valence electrons. The summed E-state index contributed by atoms with van der Waals surface area (Å²) in [6, 6.07) is 6.73. The van der Waals surface area contributed by atoms with E-state index < -0.39 is 0 Å². The lowest BCUT2D eigenvalue weighted by Crippen LogP contribution is -2.16. The summed E-state index contributed by atoms with van der Waals surface area (Å²) in [7, 11) is 0. The van der Waals surface area contributed by atoms with Crippen LogP contribution in [0.5, 0.6) is 0 Å². The minimum atomic E-state index is 0.941. The molecule has 2 rings (SSSR count). The zero-order chi connectivity index (χ0) is 10.8. The van der Waals surface area contributed by atoms with E-state index in [0.717, 1.165) is 18.4 Å². The second-order valence-corrected chi connectivity index (χ2v) is 5.02. The summed E-state index contributed by atoms with van der Waals surface area (Å²) in [5.74, 6) is 1.90. The van der Waals surface area contributed by atoms with E-state index in [1.54, 1.807) is 0 Å². The van der Waals surface area contributed by atoms with Gasteiger partial charge >= 0.3 is 0 Å². The summed E-state index contributed by atoms with van der Waals surface area (Å²) in [6.45, 7) is 8.89. The molecule has 1 heteroatoms. The Kier molecular flexibility index (Phi) is 3.11. The molecule has 0 aliphatic heterocycles. The van der Waals surface area contributed by atoms with Crippen LogP contribution in [-0.4, -0.2) is 6.54 Å². The highest BCUT2D eigenvalue weighted by Gasteiger charge is 2.31. The van der Waals surface area contributed by atoms with Crippen LogP contribution in [-0.2, 0) is 6.54 Å². The Hall–Kier alpha value is -0.820. The van der Waals surface area contributed by atoms with Crippen molar-refractivity contribution in [2.75, 3.05) is 6.54 Å². The molecule has 0 spiro atoms. The van der Waals surface area contributed by atoms with Crippen molar-refractivity contribution in [2.24, 2.45) is 11.8 Å². The molecule has 1 aliphatic rings. The summed E-state index contributed by atoms with van der Waals surface area (Å²) in [4.78, 5) is 0. The van der Waals surface area contributed by atoms with Crippen molar-refractivity contribution in [1.82, 2.24) is 5.32 Å². The topological polar surface area (TPSA) is 12.0 Å². The highest BCUT2D eigenvalue weighted by atomic mass is 14.9. The van der Waals surface area contributed by atoms with E-state index in [4.69, 9.17) is 0 Å². The first kappa shape index (κ1) is 10.7. The Morgan fingerprint density at radius 2 is 2.00 bits per heavy atom. The fraction of sp³-hybridized carbons (Fsp3) is 0.571. The van der Waals surface area contributed by atoms with Crippen LogP contribution in [0.15, 0.2) is 18.2 Å². The molecule has 0 aromatic heterocycles. The highest BCUT2D eigenvalue weighted by Crippen LogP contribution is 2.36. The van der Waals surface area contributed by atoms with Crippen LogP contribution in [0.3, 0.4) is 0 Å². The molecular formula is C14H21N. The molecule has 1 fully saturated rings. The van der Waals surface area contributed by atoms with Gasteiger partial charge in [0.15, 0.2) is 0 Å². The molecule has 2 unspecified atom stereocenters. The lowest BCUT2D eigenvalue weighted by molar-refractivity contribution is 0.612. The predicted molar refractivity (Wildman–Crippen MR) is 64.9 cm³/mol. The van der Waals surface area contributed by atoms with Gasteiger partial charge in [0.25, 0.3) is 0 Å². The Morgan fingerprint density at radius 1 is 1.27 bits per heavy atom. The summed E-state index contributed by atoms with van der Waals surface area (Å²) >= 11 is 0. The molecule has 1 N–H and O–H groups in total. The molecule has 0 radical (unpaired) electrons. The van der Waals surface area contributed by atoms with Gasteiger partial charge in [0, 0.05) is 6.54 Å². The number of rotatable bonds is 4. The van der Waals surface area contributed by atoms with Crippen molar-refractivity contribution >= 4 is 0 Å². The van der Waals surface area contributed by atoms with E-state index in [2.05, 4.69) is 44.3 Å². The fourth-order valence-electron chi connectivity index (χ4n) is 2.00. The number of nitrogens with one attached hydrogen (secondary N) is 1. The predicted octanol–water partition coefficient (Wildman–Crippen LogP) is 3.05. The first-order chi connectivity index (χ1) is 7.16. The number of aryl methyl sites for hydroxylation is 2. The van der Waals surface area contributed by atoms with Crippen molar-refractivity contribution in [3.63, 3.8) is 0 Å². The van der Waals surface area contributed by atoms with Gasteiger partial charge in [0.1, 0.15) is 0 Å². The van der Waals surface area contributed by atoms with Gasteiger partial charge in [0.05, 0.1) is 0 Å². The highest BCUT2D eigenvalue weighted by molar-refractivity contribution is 5.29. The van der Waals surface area contributed by atoms with Crippen molar-refractivity contribution in [3.05, 3.63) is 34.9 Å². The quantitative estimate of drug-likeness (QED) is 0.793. The molecule has 2 atom stereocenters. The normalized spacial score (nSPS) is 24.2. The first-order valence-corrected chi connectivity index (χ1v) is 5.93. The third kappa shape index (κ3) is 2.82. The van der Waals surface area contributed by atoms with E-state index in [1.165, 1.54) is 29.7 Å². The van der Waals surface area contributed by atoms with Gasteiger partial charge in [-0.15, -0.1) is 0 Å². The standard InChI is InChI=1S/C14H21N/c1-10-4-5-13(6-11(10)2)8-15-9-14-7-12(14)3/h4-6,12,14-15H,7-9H2,1-3H3. The first-order valence-electron chi connectivity index (χ1n) is 5.93. The van der Waals surface area contributed by atoms with Gasteiger partial charge in [-0.05, 0) is 55.3 Å². The summed E-state index contributed by atoms with van der Waals surface area (Å²) < 4.78 is 0. The van der Waals surface area contributed by atoms with E-state index in [1.807, 2.05) is 0 Å². The Labute approximate surface area is 92.9 Å². The molecule has 0 heterocycles. The second kappa shape index (κ2) is 4.36. The van der Waals surface area contributed by atoms with Crippen molar-refractivity contribution < 1.29 is 0 Å². The lowest BCUT2D eigenvalue weighted by atomic mass is 10.1. The van der Waals surface area contributed by atoms with Gasteiger partial charge < -0.3 is 5.32 Å². The summed E-state index contributed by atoms with van der Waals surface area (Å²) in [5.41, 5.74) is 4.19. The number of hydrogen-bond donors (Lipinski definition) is 1. The van der Waals surface area contributed by atoms with Crippen LogP contribution < -0.4 is 5.32 Å². The van der Waals surface area contributed by atoms with E-state index >= 15 is 0 Å². The molecule has 0 bridgehead atoms. The fourth-order valence-corrected chi connectivity index (χ4v) is 2.00. The average Bonchev–Trinajstić information content (AvgIpc) is 2.88. The zero-order valence-electron chi connectivity index (χ0n) is 10.0. The lowest BCUT2D eigenvalue weighted by Gasteiger charge is -2.06. The van der Waals surface area contributed by atoms with Crippen LogP contribution in [0.1, 0.15) is 30.0 Å². The van der Waals surface area contributed by atoms with Gasteiger partial charge in [-0.25, -0.2) is 0 Å². The molecule has 1 saturated carbocycles. The van der Waals surface area contributed by atoms with E-state index in [-0.39, 0.29) is 0 Å². The maximum atomic E-state index is 3.54. The van der Waals surface area contributed by atoms with E-state index in [0.29, 0.717) is 0 Å². The maximum Gasteiger partial charge on any atom is 0.0205 e. The van der Waals surface area contributed by atoms with Crippen molar-refractivity contribution in [3.8, 4) is 0 Å². The number of benzene rings is 1. The SMILES string of the molecule is Cc1ccc(CNCC2CC2C)cc1C. The molecule has 0 saturated heterocycles. The molecule has 15 heavy (non-hydrogen) atoms. The second-order valence-electron chi connectivity index (χ2n) is 5.02. The van der Waals surface area contributed by atoms with Crippen LogP contribution in [0.2, 0.25) is 0 Å². The molecule has 1 nitrogen and oxygen atoms in total. The third-order valence-corrected chi connectivity index (χ3v) is 3.58. The third-order valence-electron chi connectivity index (χ3n) is 3.58. The minimum absolute atomic E-state index is 0.941. The minimum Gasteiger partial charge on any atom is -0.312 e. The van der Waals surface area contributed by atoms with Crippen LogP contribution in [0.25, 0.3) is 0 Å². The Bertz CT molecular complexity index is 343. The largest absolute Gasteiger partial charge is 0.312 e. The maximum absolute atomic E-state index is 3.54. The van der Waals surface area contributed by atoms with Gasteiger partial charge in [-0.2, -0.15) is 0 Å². The zero-order valence-corrected chi connectivity index (χ0v) is 10.0. The molecule has 0 amide bonds.